The molecule has 19 heavy (non-hydrogen) atoms. The highest BCUT2D eigenvalue weighted by atomic mass is 31.2. The number of hydroxylamine groups is 4. The molecule has 2 aliphatic rings. The maximum absolute atomic E-state index is 12.5. The smallest absolute Gasteiger partial charge is 0.379 e. The molecule has 0 amide bonds. The largest absolute Gasteiger partial charge is 0.508 e. The quantitative estimate of drug-likeness (QED) is 0.662. The van der Waals surface area contributed by atoms with E-state index in [0.29, 0.717) is 52.6 Å². The number of rotatable bonds is 6. The molecule has 0 N–H and O–H groups in total. The summed E-state index contributed by atoms with van der Waals surface area (Å²) in [5, 5.41) is 3.14. The van der Waals surface area contributed by atoms with Gasteiger partial charge in [0.05, 0.1) is 33.0 Å². The molecule has 2 fully saturated rings. The number of nitrogens with zero attached hydrogens (tertiary/aromatic N) is 2. The van der Waals surface area contributed by atoms with Crippen molar-refractivity contribution in [3.63, 3.8) is 0 Å². The van der Waals surface area contributed by atoms with Crippen LogP contribution in [0.5, 0.6) is 0 Å². The number of phosphoric acid groups is 1. The van der Waals surface area contributed by atoms with Crippen LogP contribution in [0.1, 0.15) is 6.92 Å². The third-order valence-electron chi connectivity index (χ3n) is 2.66. The zero-order valence-electron chi connectivity index (χ0n) is 11.2. The highest BCUT2D eigenvalue weighted by molar-refractivity contribution is 7.48. The van der Waals surface area contributed by atoms with E-state index in [-0.39, 0.29) is 6.61 Å². The van der Waals surface area contributed by atoms with Crippen LogP contribution in [-0.4, -0.2) is 69.3 Å². The number of hydrogen-bond acceptors (Lipinski definition) is 8. The molecule has 112 valence electrons. The van der Waals surface area contributed by atoms with Gasteiger partial charge in [-0.3, -0.25) is 4.52 Å². The molecule has 9 heteroatoms. The lowest BCUT2D eigenvalue weighted by Gasteiger charge is -2.32. The number of hydrogen-bond donors (Lipinski definition) is 0. The summed E-state index contributed by atoms with van der Waals surface area (Å²) in [5.41, 5.74) is 0. The molecular weight excluding hydrogens is 275 g/mol. The Morgan fingerprint density at radius 2 is 1.37 bits per heavy atom. The van der Waals surface area contributed by atoms with Crippen molar-refractivity contribution < 1.29 is 27.8 Å². The summed E-state index contributed by atoms with van der Waals surface area (Å²) in [6, 6.07) is 0. The fourth-order valence-corrected chi connectivity index (χ4v) is 3.09. The minimum atomic E-state index is -3.62. The molecule has 0 aromatic heterocycles. The summed E-state index contributed by atoms with van der Waals surface area (Å²) in [6.07, 6.45) is 0. The molecule has 2 rings (SSSR count). The fraction of sp³-hybridized carbons (Fsp3) is 1.00. The van der Waals surface area contributed by atoms with Crippen LogP contribution in [-0.2, 0) is 27.8 Å². The van der Waals surface area contributed by atoms with E-state index in [0.717, 1.165) is 0 Å². The first-order chi connectivity index (χ1) is 9.22. The Labute approximate surface area is 113 Å². The van der Waals surface area contributed by atoms with Crippen molar-refractivity contribution >= 4 is 7.82 Å². The molecule has 0 unspecified atom stereocenters. The fourth-order valence-electron chi connectivity index (χ4n) is 1.76. The van der Waals surface area contributed by atoms with Crippen molar-refractivity contribution in [1.29, 1.82) is 0 Å². The van der Waals surface area contributed by atoms with Crippen molar-refractivity contribution in [1.82, 2.24) is 10.1 Å². The second-order valence-corrected chi connectivity index (χ2v) is 5.59. The Hall–Kier alpha value is -0.0500. The average Bonchev–Trinajstić information content (AvgIpc) is 2.41. The third kappa shape index (κ3) is 5.09. The first-order valence-electron chi connectivity index (χ1n) is 6.51. The molecule has 0 saturated carbocycles. The predicted molar refractivity (Wildman–Crippen MR) is 66.2 cm³/mol. The molecule has 0 spiro atoms. The normalized spacial score (nSPS) is 23.6. The van der Waals surface area contributed by atoms with Crippen LogP contribution in [0.4, 0.5) is 0 Å². The van der Waals surface area contributed by atoms with Crippen LogP contribution < -0.4 is 0 Å². The van der Waals surface area contributed by atoms with Gasteiger partial charge in [0.2, 0.25) is 0 Å². The van der Waals surface area contributed by atoms with Gasteiger partial charge in [-0.1, -0.05) is 0 Å². The molecule has 2 saturated heterocycles. The second kappa shape index (κ2) is 7.66. The van der Waals surface area contributed by atoms with E-state index < -0.39 is 7.82 Å². The van der Waals surface area contributed by atoms with Crippen LogP contribution in [0.3, 0.4) is 0 Å². The monoisotopic (exact) mass is 296 g/mol. The van der Waals surface area contributed by atoms with Gasteiger partial charge in [0.1, 0.15) is 0 Å². The lowest BCUT2D eigenvalue weighted by atomic mass is 10.5. The van der Waals surface area contributed by atoms with E-state index in [2.05, 4.69) is 0 Å². The predicted octanol–water partition coefficient (Wildman–Crippen LogP) is 0.659. The van der Waals surface area contributed by atoms with Gasteiger partial charge in [0.25, 0.3) is 0 Å². The molecular formula is C10H21N2O6P. The maximum atomic E-state index is 12.5. The van der Waals surface area contributed by atoms with E-state index in [1.54, 1.807) is 17.1 Å². The van der Waals surface area contributed by atoms with Crippen LogP contribution in [0.15, 0.2) is 0 Å². The van der Waals surface area contributed by atoms with Gasteiger partial charge in [0, 0.05) is 26.2 Å². The van der Waals surface area contributed by atoms with Crippen molar-refractivity contribution in [2.24, 2.45) is 0 Å². The van der Waals surface area contributed by atoms with Crippen LogP contribution in [0.2, 0.25) is 0 Å². The van der Waals surface area contributed by atoms with Crippen LogP contribution in [0.25, 0.3) is 0 Å². The van der Waals surface area contributed by atoms with Gasteiger partial charge in [0.15, 0.2) is 0 Å². The van der Waals surface area contributed by atoms with Gasteiger partial charge in [-0.05, 0) is 6.92 Å². The Morgan fingerprint density at radius 1 is 0.947 bits per heavy atom. The first-order valence-corrected chi connectivity index (χ1v) is 7.97. The lowest BCUT2D eigenvalue weighted by Crippen LogP contribution is -2.39. The van der Waals surface area contributed by atoms with Gasteiger partial charge >= 0.3 is 7.82 Å². The molecule has 0 aromatic carbocycles. The van der Waals surface area contributed by atoms with Crippen molar-refractivity contribution in [3.8, 4) is 0 Å². The van der Waals surface area contributed by atoms with E-state index in [4.69, 9.17) is 23.2 Å². The van der Waals surface area contributed by atoms with E-state index in [1.165, 1.54) is 0 Å². The minimum absolute atomic E-state index is 0.256. The van der Waals surface area contributed by atoms with E-state index >= 15 is 0 Å². The highest BCUT2D eigenvalue weighted by Gasteiger charge is 2.34. The summed E-state index contributed by atoms with van der Waals surface area (Å²) in [5.74, 6) is 0. The third-order valence-corrected chi connectivity index (χ3v) is 4.09. The Kier molecular flexibility index (Phi) is 6.18. The van der Waals surface area contributed by atoms with Crippen molar-refractivity contribution in [3.05, 3.63) is 0 Å². The minimum Gasteiger partial charge on any atom is -0.379 e. The molecule has 2 heterocycles. The molecule has 0 aromatic rings. The molecule has 0 atom stereocenters. The Morgan fingerprint density at radius 3 is 1.74 bits per heavy atom. The number of ether oxygens (including phenoxy) is 2. The second-order valence-electron chi connectivity index (χ2n) is 4.11. The van der Waals surface area contributed by atoms with Crippen molar-refractivity contribution in [2.75, 3.05) is 59.2 Å². The van der Waals surface area contributed by atoms with E-state index in [9.17, 15) is 4.57 Å². The lowest BCUT2D eigenvalue weighted by molar-refractivity contribution is -0.182. The summed E-state index contributed by atoms with van der Waals surface area (Å²) in [6.45, 7) is 6.37. The van der Waals surface area contributed by atoms with Gasteiger partial charge in [-0.2, -0.15) is 19.4 Å². The highest BCUT2D eigenvalue weighted by Crippen LogP contribution is 2.51. The molecule has 0 radical (unpaired) electrons. The van der Waals surface area contributed by atoms with Crippen molar-refractivity contribution in [2.45, 2.75) is 6.92 Å². The topological polar surface area (TPSA) is 69.7 Å². The maximum Gasteiger partial charge on any atom is 0.508 e. The standard InChI is InChI=1S/C10H21N2O6P/c1-2-16-19(13,17-11-3-7-14-8-4-11)18-12-5-9-15-10-6-12/h2-10H2,1H3. The van der Waals surface area contributed by atoms with Crippen LogP contribution in [0, 0.1) is 0 Å². The number of morpholine rings is 2. The molecule has 2 aliphatic heterocycles. The average molecular weight is 296 g/mol. The van der Waals surface area contributed by atoms with Gasteiger partial charge < -0.3 is 9.47 Å². The first kappa shape index (κ1) is 15.3. The summed E-state index contributed by atoms with van der Waals surface area (Å²) in [4.78, 5) is 0. The summed E-state index contributed by atoms with van der Waals surface area (Å²) in [7, 11) is -3.62. The zero-order chi connectivity index (χ0) is 13.6. The molecule has 8 nitrogen and oxygen atoms in total. The SMILES string of the molecule is CCOP(=O)(ON1CCOCC1)ON1CCOCC1. The Balaban J connectivity index is 1.89. The zero-order valence-corrected chi connectivity index (χ0v) is 12.0. The van der Waals surface area contributed by atoms with Crippen LogP contribution >= 0.6 is 7.82 Å². The summed E-state index contributed by atoms with van der Waals surface area (Å²) >= 11 is 0. The molecule has 0 bridgehead atoms. The van der Waals surface area contributed by atoms with Gasteiger partial charge in [-0.15, -0.1) is 0 Å². The molecule has 0 aliphatic carbocycles. The van der Waals surface area contributed by atoms with E-state index in [1.807, 2.05) is 0 Å². The van der Waals surface area contributed by atoms with Gasteiger partial charge in [-0.25, -0.2) is 4.57 Å². The summed E-state index contributed by atoms with van der Waals surface area (Å²) < 4.78 is 38.9. The Bertz CT molecular complexity index is 282.